The summed E-state index contributed by atoms with van der Waals surface area (Å²) in [6.07, 6.45) is 1.52. The molecular weight excluding hydrogens is 429 g/mol. The largest absolute Gasteiger partial charge is 0.455 e. The third-order valence-electron chi connectivity index (χ3n) is 5.22. The highest BCUT2D eigenvalue weighted by molar-refractivity contribution is 6.05. The second-order valence-corrected chi connectivity index (χ2v) is 7.49. The Morgan fingerprint density at radius 3 is 2.82 bits per heavy atom. The van der Waals surface area contributed by atoms with Crippen molar-refractivity contribution in [1.29, 1.82) is 0 Å². The van der Waals surface area contributed by atoms with E-state index in [0.717, 1.165) is 0 Å². The Hall–Kier alpha value is -4.18. The van der Waals surface area contributed by atoms with E-state index in [1.807, 2.05) is 4.90 Å². The topological polar surface area (TPSA) is 112 Å². The number of ether oxygens (including phenoxy) is 2. The molecular formula is C23H20FN5O4. The molecule has 3 N–H and O–H groups in total. The molecule has 0 aliphatic carbocycles. The molecule has 1 aliphatic rings. The highest BCUT2D eigenvalue weighted by Gasteiger charge is 2.16. The van der Waals surface area contributed by atoms with Gasteiger partial charge >= 0.3 is 5.69 Å². The molecule has 3 heterocycles. The Balaban J connectivity index is 1.35. The predicted octanol–water partition coefficient (Wildman–Crippen LogP) is 3.27. The number of nitrogens with zero attached hydrogens (tertiary/aromatic N) is 2. The molecule has 2 aromatic heterocycles. The normalized spacial score (nSPS) is 13.8. The second kappa shape index (κ2) is 8.75. The number of pyridine rings is 1. The molecule has 10 heteroatoms. The Labute approximate surface area is 187 Å². The zero-order valence-corrected chi connectivity index (χ0v) is 17.4. The van der Waals surface area contributed by atoms with E-state index in [2.05, 4.69) is 20.3 Å². The number of hydrogen-bond donors (Lipinski definition) is 3. The molecule has 0 radical (unpaired) electrons. The summed E-state index contributed by atoms with van der Waals surface area (Å²) in [4.78, 5) is 35.7. The fraction of sp³-hybridized carbons (Fsp3) is 0.174. The number of amides is 1. The molecule has 0 atom stereocenters. The first kappa shape index (κ1) is 20.7. The Morgan fingerprint density at radius 2 is 1.97 bits per heavy atom. The van der Waals surface area contributed by atoms with E-state index in [-0.39, 0.29) is 11.3 Å². The van der Waals surface area contributed by atoms with E-state index in [4.69, 9.17) is 9.47 Å². The summed E-state index contributed by atoms with van der Waals surface area (Å²) in [6, 6.07) is 12.7. The summed E-state index contributed by atoms with van der Waals surface area (Å²) >= 11 is 0. The van der Waals surface area contributed by atoms with Gasteiger partial charge in [0.15, 0.2) is 11.4 Å². The van der Waals surface area contributed by atoms with Crippen molar-refractivity contribution in [2.45, 2.75) is 0 Å². The van der Waals surface area contributed by atoms with E-state index in [1.54, 1.807) is 36.4 Å². The van der Waals surface area contributed by atoms with Gasteiger partial charge in [-0.05, 0) is 30.3 Å². The minimum atomic E-state index is -0.483. The van der Waals surface area contributed by atoms with Gasteiger partial charge in [-0.15, -0.1) is 0 Å². The summed E-state index contributed by atoms with van der Waals surface area (Å²) in [5.41, 5.74) is 1.76. The quantitative estimate of drug-likeness (QED) is 0.431. The number of benzene rings is 2. The van der Waals surface area contributed by atoms with Gasteiger partial charge in [-0.25, -0.2) is 14.2 Å². The van der Waals surface area contributed by atoms with E-state index in [9.17, 15) is 14.0 Å². The predicted molar refractivity (Wildman–Crippen MR) is 121 cm³/mol. The van der Waals surface area contributed by atoms with Gasteiger partial charge in [0.05, 0.1) is 13.2 Å². The number of aromatic amines is 2. The number of fused-ring (bicyclic) bond motifs is 1. The summed E-state index contributed by atoms with van der Waals surface area (Å²) < 4.78 is 25.5. The maximum atomic E-state index is 14.2. The number of halogens is 1. The van der Waals surface area contributed by atoms with E-state index in [0.29, 0.717) is 60.3 Å². The number of hydrogen-bond acceptors (Lipinski definition) is 6. The zero-order valence-electron chi connectivity index (χ0n) is 17.4. The number of H-pyrrole nitrogens is 2. The number of carbonyl (C=O) groups excluding carboxylic acids is 1. The fourth-order valence-electron chi connectivity index (χ4n) is 3.67. The van der Waals surface area contributed by atoms with Gasteiger partial charge < -0.3 is 24.7 Å². The molecule has 2 aromatic carbocycles. The lowest BCUT2D eigenvalue weighted by Gasteiger charge is -2.29. The summed E-state index contributed by atoms with van der Waals surface area (Å²) in [6.45, 7) is 2.40. The van der Waals surface area contributed by atoms with Crippen molar-refractivity contribution in [3.05, 3.63) is 76.6 Å². The molecule has 1 fully saturated rings. The second-order valence-electron chi connectivity index (χ2n) is 7.49. The molecule has 1 aliphatic heterocycles. The number of aromatic nitrogens is 3. The molecule has 5 rings (SSSR count). The van der Waals surface area contributed by atoms with E-state index < -0.39 is 11.7 Å². The van der Waals surface area contributed by atoms with Crippen LogP contribution in [0.3, 0.4) is 0 Å². The van der Waals surface area contributed by atoms with Crippen LogP contribution in [-0.2, 0) is 4.74 Å². The monoisotopic (exact) mass is 449 g/mol. The number of carbonyl (C=O) groups is 1. The standard InChI is InChI=1S/C23H20FN5O4/c24-15-10-14(11-17(12-15)29-6-8-32-9-7-29)22(30)26-16-2-1-3-18(13-16)33-19-4-5-25-21-20(19)27-23(31)28-21/h1-5,10-13H,6-9H2,(H,26,30)(H2,25,27,28,31). The van der Waals surface area contributed by atoms with Gasteiger partial charge in [0.25, 0.3) is 5.91 Å². The van der Waals surface area contributed by atoms with Crippen LogP contribution in [0.25, 0.3) is 11.2 Å². The number of anilines is 2. The highest BCUT2D eigenvalue weighted by atomic mass is 19.1. The summed E-state index contributed by atoms with van der Waals surface area (Å²) in [5, 5.41) is 2.78. The molecule has 0 bridgehead atoms. The molecule has 168 valence electrons. The average molecular weight is 449 g/mol. The van der Waals surface area contributed by atoms with Crippen molar-refractivity contribution in [1.82, 2.24) is 15.0 Å². The molecule has 1 amide bonds. The SMILES string of the molecule is O=C(Nc1cccc(Oc2ccnc3[nH]c(=O)[nH]c23)c1)c1cc(F)cc(N2CCOCC2)c1. The van der Waals surface area contributed by atoms with Crippen LogP contribution >= 0.6 is 0 Å². The van der Waals surface area contributed by atoms with Crippen molar-refractivity contribution < 1.29 is 18.7 Å². The van der Waals surface area contributed by atoms with Crippen LogP contribution in [0.4, 0.5) is 15.8 Å². The smallest absolute Gasteiger partial charge is 0.325 e. The van der Waals surface area contributed by atoms with Crippen molar-refractivity contribution >= 4 is 28.4 Å². The molecule has 0 saturated carbocycles. The summed E-state index contributed by atoms with van der Waals surface area (Å²) in [5.74, 6) is -0.0800. The van der Waals surface area contributed by atoms with Gasteiger partial charge in [-0.1, -0.05) is 6.07 Å². The van der Waals surface area contributed by atoms with Crippen LogP contribution in [0, 0.1) is 5.82 Å². The van der Waals surface area contributed by atoms with Crippen molar-refractivity contribution in [3.63, 3.8) is 0 Å². The molecule has 0 spiro atoms. The van der Waals surface area contributed by atoms with Crippen molar-refractivity contribution in [2.75, 3.05) is 36.5 Å². The third-order valence-corrected chi connectivity index (χ3v) is 5.22. The number of imidazole rings is 1. The number of morpholine rings is 1. The minimum absolute atomic E-state index is 0.212. The van der Waals surface area contributed by atoms with Gasteiger partial charge in [0.1, 0.15) is 17.1 Å². The van der Waals surface area contributed by atoms with Crippen LogP contribution < -0.4 is 20.6 Å². The van der Waals surface area contributed by atoms with Crippen LogP contribution in [-0.4, -0.2) is 47.2 Å². The lowest BCUT2D eigenvalue weighted by Crippen LogP contribution is -2.36. The van der Waals surface area contributed by atoms with Crippen LogP contribution in [0.2, 0.25) is 0 Å². The maximum Gasteiger partial charge on any atom is 0.325 e. The van der Waals surface area contributed by atoms with E-state index >= 15 is 0 Å². The lowest BCUT2D eigenvalue weighted by atomic mass is 10.1. The first-order valence-corrected chi connectivity index (χ1v) is 10.3. The van der Waals surface area contributed by atoms with Gasteiger partial charge in [0.2, 0.25) is 0 Å². The Bertz CT molecular complexity index is 1380. The van der Waals surface area contributed by atoms with Gasteiger partial charge in [0, 0.05) is 48.4 Å². The van der Waals surface area contributed by atoms with Gasteiger partial charge in [-0.3, -0.25) is 9.78 Å². The number of nitrogens with one attached hydrogen (secondary N) is 3. The van der Waals surface area contributed by atoms with Gasteiger partial charge in [-0.2, -0.15) is 0 Å². The average Bonchev–Trinajstić information content (AvgIpc) is 3.21. The van der Waals surface area contributed by atoms with Crippen molar-refractivity contribution in [2.24, 2.45) is 0 Å². The van der Waals surface area contributed by atoms with Crippen LogP contribution in [0.5, 0.6) is 11.5 Å². The van der Waals surface area contributed by atoms with Crippen LogP contribution in [0.15, 0.2) is 59.5 Å². The molecule has 1 saturated heterocycles. The number of rotatable bonds is 5. The summed E-state index contributed by atoms with van der Waals surface area (Å²) in [7, 11) is 0. The Kier molecular flexibility index (Phi) is 5.49. The lowest BCUT2D eigenvalue weighted by molar-refractivity contribution is 0.102. The zero-order chi connectivity index (χ0) is 22.8. The first-order chi connectivity index (χ1) is 16.0. The molecule has 0 unspecified atom stereocenters. The molecule has 4 aromatic rings. The Morgan fingerprint density at radius 1 is 1.12 bits per heavy atom. The first-order valence-electron chi connectivity index (χ1n) is 10.3. The van der Waals surface area contributed by atoms with E-state index in [1.165, 1.54) is 18.3 Å². The molecule has 33 heavy (non-hydrogen) atoms. The third kappa shape index (κ3) is 4.55. The highest BCUT2D eigenvalue weighted by Crippen LogP contribution is 2.28. The van der Waals surface area contributed by atoms with Crippen molar-refractivity contribution in [3.8, 4) is 11.5 Å². The molecule has 9 nitrogen and oxygen atoms in total. The minimum Gasteiger partial charge on any atom is -0.455 e. The van der Waals surface area contributed by atoms with Crippen LogP contribution in [0.1, 0.15) is 10.4 Å². The fourth-order valence-corrected chi connectivity index (χ4v) is 3.67. The maximum absolute atomic E-state index is 14.2.